The van der Waals surface area contributed by atoms with E-state index in [-0.39, 0.29) is 29.7 Å². The van der Waals surface area contributed by atoms with Gasteiger partial charge in [-0.15, -0.1) is 0 Å². The summed E-state index contributed by atoms with van der Waals surface area (Å²) in [4.78, 5) is 34.0. The number of nitrogens with one attached hydrogen (secondary N) is 1. The van der Waals surface area contributed by atoms with Crippen LogP contribution >= 0.6 is 11.6 Å². The van der Waals surface area contributed by atoms with Gasteiger partial charge in [-0.2, -0.15) is 5.10 Å². The van der Waals surface area contributed by atoms with Crippen molar-refractivity contribution in [2.24, 2.45) is 0 Å². The average molecular weight is 517 g/mol. The molecule has 0 radical (unpaired) electrons. The van der Waals surface area contributed by atoms with Crippen LogP contribution in [0, 0.1) is 0 Å². The van der Waals surface area contributed by atoms with Crippen LogP contribution in [-0.2, 0) is 11.3 Å². The van der Waals surface area contributed by atoms with E-state index in [1.165, 1.54) is 29.5 Å². The normalized spacial score (nSPS) is 17.0. The van der Waals surface area contributed by atoms with Crippen LogP contribution in [0.4, 0.5) is 15.8 Å². The van der Waals surface area contributed by atoms with Crippen LogP contribution in [0.1, 0.15) is 40.1 Å². The quantitative estimate of drug-likeness (QED) is 0.484. The number of benzene rings is 1. The van der Waals surface area contributed by atoms with Gasteiger partial charge in [-0.05, 0) is 37.6 Å². The van der Waals surface area contributed by atoms with Crippen LogP contribution in [0.5, 0.6) is 0 Å². The molecule has 1 fully saturated rings. The molecular weight excluding hydrogens is 491 g/mol. The summed E-state index contributed by atoms with van der Waals surface area (Å²) in [5, 5.41) is 17.3. The molecule has 0 saturated carbocycles. The largest absolute Gasteiger partial charge is 0.387 e. The maximum Gasteiger partial charge on any atom is 0.261 e. The van der Waals surface area contributed by atoms with Crippen LogP contribution in [0.2, 0.25) is 5.15 Å². The molecule has 1 atom stereocenters. The third-order valence-electron chi connectivity index (χ3n) is 6.43. The molecule has 3 aromatic rings. The molecule has 0 aliphatic carbocycles. The van der Waals surface area contributed by atoms with E-state index in [0.717, 1.165) is 0 Å². The Hall–Kier alpha value is -3.28. The van der Waals surface area contributed by atoms with Gasteiger partial charge in [-0.1, -0.05) is 11.6 Å². The highest BCUT2D eigenvalue weighted by Crippen LogP contribution is 2.36. The van der Waals surface area contributed by atoms with E-state index in [0.29, 0.717) is 54.5 Å². The second-order valence-electron chi connectivity index (χ2n) is 9.46. The number of hydrogen-bond donors (Lipinski definition) is 2. The molecule has 2 amide bonds. The number of nitrogens with zero attached hydrogens (tertiary/aromatic N) is 5. The van der Waals surface area contributed by atoms with Crippen molar-refractivity contribution in [1.82, 2.24) is 19.5 Å². The lowest BCUT2D eigenvalue weighted by Gasteiger charge is -2.31. The number of alkyl halides is 1. The van der Waals surface area contributed by atoms with E-state index in [1.807, 2.05) is 4.90 Å². The van der Waals surface area contributed by atoms with Crippen molar-refractivity contribution in [3.63, 3.8) is 0 Å². The molecule has 2 aromatic heterocycles. The number of rotatable bonds is 6. The first-order chi connectivity index (χ1) is 17.1. The van der Waals surface area contributed by atoms with Gasteiger partial charge in [0.1, 0.15) is 16.9 Å². The monoisotopic (exact) mass is 516 g/mol. The number of amides is 2. The third-order valence-corrected chi connectivity index (χ3v) is 6.64. The SMILES string of the molecule is CC(C)(O)[C@H](F)CN1Cc2cc(NC(=O)c3cnn4ccc(Cl)nc34)c(N3CCOCC3)cc2C1=O. The van der Waals surface area contributed by atoms with Gasteiger partial charge in [0.15, 0.2) is 5.65 Å². The zero-order chi connectivity index (χ0) is 25.6. The zero-order valence-electron chi connectivity index (χ0n) is 19.9. The number of aliphatic hydroxyl groups is 1. The van der Waals surface area contributed by atoms with Crippen LogP contribution in [0.15, 0.2) is 30.6 Å². The summed E-state index contributed by atoms with van der Waals surface area (Å²) in [6, 6.07) is 5.06. The predicted octanol–water partition coefficient (Wildman–Crippen LogP) is 2.54. The van der Waals surface area contributed by atoms with Crippen molar-refractivity contribution in [2.75, 3.05) is 43.1 Å². The molecule has 1 saturated heterocycles. The van der Waals surface area contributed by atoms with E-state index in [9.17, 15) is 19.1 Å². The number of morpholine rings is 1. The molecule has 190 valence electrons. The topological polar surface area (TPSA) is 112 Å². The predicted molar refractivity (Wildman–Crippen MR) is 131 cm³/mol. The molecule has 10 nitrogen and oxygen atoms in total. The summed E-state index contributed by atoms with van der Waals surface area (Å²) >= 11 is 6.01. The lowest BCUT2D eigenvalue weighted by molar-refractivity contribution is -0.0159. The zero-order valence-corrected chi connectivity index (χ0v) is 20.6. The van der Waals surface area contributed by atoms with E-state index >= 15 is 0 Å². The summed E-state index contributed by atoms with van der Waals surface area (Å²) in [5.74, 6) is -0.744. The minimum Gasteiger partial charge on any atom is -0.387 e. The van der Waals surface area contributed by atoms with Crippen LogP contribution in [0.3, 0.4) is 0 Å². The molecule has 0 unspecified atom stereocenters. The maximum absolute atomic E-state index is 14.5. The standard InChI is InChI=1S/C24H26ClFN6O4/c1-24(2,35)19(26)13-31-12-14-9-17(18(10-15(14)23(31)34)30-5-7-36-8-6-30)28-22(33)16-11-27-32-4-3-20(25)29-21(16)32/h3-4,9-11,19,35H,5-8,12-13H2,1-2H3,(H,28,33)/t19-/m1/s1. The van der Waals surface area contributed by atoms with Crippen molar-refractivity contribution < 1.29 is 23.8 Å². The van der Waals surface area contributed by atoms with Crippen molar-refractivity contribution in [3.05, 3.63) is 52.4 Å². The summed E-state index contributed by atoms with van der Waals surface area (Å²) in [7, 11) is 0. The Kier molecular flexibility index (Phi) is 6.31. The molecule has 4 heterocycles. The summed E-state index contributed by atoms with van der Waals surface area (Å²) in [6.07, 6.45) is 1.42. The number of hydrogen-bond acceptors (Lipinski definition) is 7. The number of fused-ring (bicyclic) bond motifs is 2. The maximum atomic E-state index is 14.5. The van der Waals surface area contributed by atoms with E-state index in [1.54, 1.807) is 24.4 Å². The molecule has 5 rings (SSSR count). The van der Waals surface area contributed by atoms with Crippen molar-refractivity contribution in [1.29, 1.82) is 0 Å². The van der Waals surface area contributed by atoms with Crippen molar-refractivity contribution >= 4 is 40.4 Å². The van der Waals surface area contributed by atoms with Gasteiger partial charge < -0.3 is 25.0 Å². The Labute approximate surface area is 211 Å². The molecule has 12 heteroatoms. The molecule has 2 N–H and O–H groups in total. The van der Waals surface area contributed by atoms with Gasteiger partial charge in [-0.25, -0.2) is 13.9 Å². The van der Waals surface area contributed by atoms with Gasteiger partial charge in [-0.3, -0.25) is 9.59 Å². The Bertz CT molecular complexity index is 1330. The minimum absolute atomic E-state index is 0.171. The second-order valence-corrected chi connectivity index (χ2v) is 9.85. The fourth-order valence-corrected chi connectivity index (χ4v) is 4.47. The fourth-order valence-electron chi connectivity index (χ4n) is 4.34. The van der Waals surface area contributed by atoms with Gasteiger partial charge >= 0.3 is 0 Å². The average Bonchev–Trinajstić information content (AvgIpc) is 3.39. The molecule has 2 aliphatic heterocycles. The fraction of sp³-hybridized carbons (Fsp3) is 0.417. The van der Waals surface area contributed by atoms with Crippen molar-refractivity contribution in [3.8, 4) is 0 Å². The Morgan fingerprint density at radius 3 is 2.81 bits per heavy atom. The van der Waals surface area contributed by atoms with Gasteiger partial charge in [0, 0.05) is 31.4 Å². The lowest BCUT2D eigenvalue weighted by Crippen LogP contribution is -2.42. The number of carbonyl (C=O) groups excluding carboxylic acids is 2. The lowest BCUT2D eigenvalue weighted by atomic mass is 10.0. The minimum atomic E-state index is -1.61. The highest BCUT2D eigenvalue weighted by atomic mass is 35.5. The first-order valence-corrected chi connectivity index (χ1v) is 12.0. The van der Waals surface area contributed by atoms with Crippen LogP contribution in [-0.4, -0.2) is 81.0 Å². The molecule has 1 aromatic carbocycles. The highest BCUT2D eigenvalue weighted by molar-refractivity contribution is 6.29. The highest BCUT2D eigenvalue weighted by Gasteiger charge is 2.35. The number of aromatic nitrogens is 3. The van der Waals surface area contributed by atoms with Crippen LogP contribution < -0.4 is 10.2 Å². The molecule has 36 heavy (non-hydrogen) atoms. The molecule has 0 spiro atoms. The number of anilines is 2. The Morgan fingerprint density at radius 1 is 1.33 bits per heavy atom. The first kappa shape index (κ1) is 24.4. The second kappa shape index (κ2) is 9.30. The Morgan fingerprint density at radius 2 is 2.08 bits per heavy atom. The summed E-state index contributed by atoms with van der Waals surface area (Å²) < 4.78 is 21.5. The number of halogens is 2. The summed E-state index contributed by atoms with van der Waals surface area (Å²) in [6.45, 7) is 4.87. The van der Waals surface area contributed by atoms with E-state index in [4.69, 9.17) is 16.3 Å². The van der Waals surface area contributed by atoms with Crippen molar-refractivity contribution in [2.45, 2.75) is 32.2 Å². The summed E-state index contributed by atoms with van der Waals surface area (Å²) in [5.41, 5.74) is 1.28. The van der Waals surface area contributed by atoms with Gasteiger partial charge in [0.2, 0.25) is 0 Å². The van der Waals surface area contributed by atoms with E-state index in [2.05, 4.69) is 15.4 Å². The third kappa shape index (κ3) is 4.61. The smallest absolute Gasteiger partial charge is 0.261 e. The Balaban J connectivity index is 1.48. The number of carbonyl (C=O) groups is 2. The first-order valence-electron chi connectivity index (χ1n) is 11.6. The number of ether oxygens (including phenoxy) is 1. The molecule has 2 aliphatic rings. The van der Waals surface area contributed by atoms with E-state index < -0.39 is 17.7 Å². The molecule has 0 bridgehead atoms. The van der Waals surface area contributed by atoms with Gasteiger partial charge in [0.25, 0.3) is 11.8 Å². The molecular formula is C24H26ClFN6O4. The van der Waals surface area contributed by atoms with Gasteiger partial charge in [0.05, 0.1) is 42.9 Å². The van der Waals surface area contributed by atoms with Crippen LogP contribution in [0.25, 0.3) is 5.65 Å².